The lowest BCUT2D eigenvalue weighted by atomic mass is 10.2. The standard InChI is InChI=1S/C20H17N7O4/c1-12-21-7-8-26(12)17-9-16(23-11-24-17)25-18(28)15-10-22-20(30)27(19(15)29)13-3-5-14(31-2)6-4-13/h3-11H,1-2H3,(H,22,30)(H,23,24,25,28). The van der Waals surface area contributed by atoms with Gasteiger partial charge in [0.05, 0.1) is 12.8 Å². The molecule has 1 amide bonds. The van der Waals surface area contributed by atoms with Crippen LogP contribution < -0.4 is 21.3 Å². The second-order valence-electron chi connectivity index (χ2n) is 6.41. The molecule has 4 rings (SSSR count). The number of benzene rings is 1. The van der Waals surface area contributed by atoms with Crippen molar-refractivity contribution < 1.29 is 9.53 Å². The van der Waals surface area contributed by atoms with Crippen molar-refractivity contribution in [2.24, 2.45) is 0 Å². The van der Waals surface area contributed by atoms with E-state index in [4.69, 9.17) is 4.74 Å². The third-order valence-electron chi connectivity index (χ3n) is 4.52. The van der Waals surface area contributed by atoms with E-state index in [-0.39, 0.29) is 11.4 Å². The molecular formula is C20H17N7O4. The molecule has 0 aliphatic carbocycles. The van der Waals surface area contributed by atoms with Crippen molar-refractivity contribution in [3.05, 3.63) is 87.5 Å². The number of methoxy groups -OCH3 is 1. The number of nitrogens with one attached hydrogen (secondary N) is 2. The summed E-state index contributed by atoms with van der Waals surface area (Å²) in [5.74, 6) is 1.23. The summed E-state index contributed by atoms with van der Waals surface area (Å²) in [5.41, 5.74) is -1.41. The molecular weight excluding hydrogens is 402 g/mol. The number of carbonyl (C=O) groups is 1. The van der Waals surface area contributed by atoms with Gasteiger partial charge in [0.15, 0.2) is 0 Å². The van der Waals surface area contributed by atoms with Gasteiger partial charge in [-0.25, -0.2) is 24.3 Å². The van der Waals surface area contributed by atoms with Gasteiger partial charge in [0, 0.05) is 24.7 Å². The number of imidazole rings is 1. The first-order valence-corrected chi connectivity index (χ1v) is 9.11. The number of hydrogen-bond acceptors (Lipinski definition) is 7. The van der Waals surface area contributed by atoms with Gasteiger partial charge in [-0.05, 0) is 31.2 Å². The van der Waals surface area contributed by atoms with Crippen molar-refractivity contribution >= 4 is 11.7 Å². The van der Waals surface area contributed by atoms with Crippen LogP contribution in [0.3, 0.4) is 0 Å². The van der Waals surface area contributed by atoms with E-state index in [1.807, 2.05) is 6.92 Å². The Kier molecular flexibility index (Phi) is 5.14. The average molecular weight is 419 g/mol. The van der Waals surface area contributed by atoms with Gasteiger partial charge in [-0.15, -0.1) is 0 Å². The summed E-state index contributed by atoms with van der Waals surface area (Å²) in [7, 11) is 1.51. The van der Waals surface area contributed by atoms with Crippen molar-refractivity contribution in [3.8, 4) is 17.3 Å². The number of aryl methyl sites for hydroxylation is 1. The lowest BCUT2D eigenvalue weighted by molar-refractivity contribution is 0.102. The molecule has 0 aliphatic rings. The first kappa shape index (κ1) is 19.8. The number of hydrogen-bond donors (Lipinski definition) is 2. The Labute approximate surface area is 175 Å². The monoisotopic (exact) mass is 419 g/mol. The van der Waals surface area contributed by atoms with Crippen LogP contribution >= 0.6 is 0 Å². The zero-order valence-electron chi connectivity index (χ0n) is 16.6. The van der Waals surface area contributed by atoms with Crippen LogP contribution in [0.1, 0.15) is 16.2 Å². The second-order valence-corrected chi connectivity index (χ2v) is 6.41. The number of ether oxygens (including phenoxy) is 1. The Hall–Kier alpha value is -4.54. The van der Waals surface area contributed by atoms with E-state index < -0.39 is 17.2 Å². The number of amides is 1. The zero-order chi connectivity index (χ0) is 22.0. The van der Waals surface area contributed by atoms with Gasteiger partial charge in [-0.2, -0.15) is 0 Å². The Bertz CT molecular complexity index is 1370. The van der Waals surface area contributed by atoms with Gasteiger partial charge in [-0.3, -0.25) is 14.2 Å². The summed E-state index contributed by atoms with van der Waals surface area (Å²) in [4.78, 5) is 52.6. The van der Waals surface area contributed by atoms with Crippen molar-refractivity contribution in [1.82, 2.24) is 29.1 Å². The highest BCUT2D eigenvalue weighted by atomic mass is 16.5. The van der Waals surface area contributed by atoms with E-state index in [2.05, 4.69) is 25.3 Å². The topological polar surface area (TPSA) is 137 Å². The molecule has 3 heterocycles. The molecule has 0 fully saturated rings. The quantitative estimate of drug-likeness (QED) is 0.494. The fourth-order valence-electron chi connectivity index (χ4n) is 2.95. The first-order chi connectivity index (χ1) is 15.0. The number of rotatable bonds is 5. The Morgan fingerprint density at radius 1 is 1.13 bits per heavy atom. The van der Waals surface area contributed by atoms with Gasteiger partial charge in [0.25, 0.3) is 11.5 Å². The zero-order valence-corrected chi connectivity index (χ0v) is 16.6. The Morgan fingerprint density at radius 2 is 1.90 bits per heavy atom. The molecule has 3 aromatic heterocycles. The van der Waals surface area contributed by atoms with Gasteiger partial charge < -0.3 is 15.0 Å². The predicted molar refractivity (Wildman–Crippen MR) is 111 cm³/mol. The second kappa shape index (κ2) is 8.06. The SMILES string of the molecule is COc1ccc(-n2c(=O)[nH]cc(C(=O)Nc3cc(-n4ccnc4C)ncn3)c2=O)cc1. The Balaban J connectivity index is 1.66. The maximum atomic E-state index is 12.9. The summed E-state index contributed by atoms with van der Waals surface area (Å²) in [6.45, 7) is 1.81. The van der Waals surface area contributed by atoms with Crippen LogP contribution in [0.5, 0.6) is 5.75 Å². The minimum atomic E-state index is -0.772. The summed E-state index contributed by atoms with van der Waals surface area (Å²) in [5, 5.41) is 2.56. The van der Waals surface area contributed by atoms with Crippen LogP contribution in [-0.2, 0) is 0 Å². The number of aromatic nitrogens is 6. The number of anilines is 1. The molecule has 1 aromatic carbocycles. The molecule has 156 valence electrons. The molecule has 0 saturated carbocycles. The molecule has 0 radical (unpaired) electrons. The number of aromatic amines is 1. The molecule has 0 saturated heterocycles. The van der Waals surface area contributed by atoms with E-state index >= 15 is 0 Å². The Morgan fingerprint density at radius 3 is 2.58 bits per heavy atom. The lowest BCUT2D eigenvalue weighted by Gasteiger charge is -2.09. The molecule has 0 aliphatic heterocycles. The van der Waals surface area contributed by atoms with Crippen LogP contribution in [0.2, 0.25) is 0 Å². The highest BCUT2D eigenvalue weighted by Crippen LogP contribution is 2.13. The summed E-state index contributed by atoms with van der Waals surface area (Å²) in [6, 6.07) is 7.84. The van der Waals surface area contributed by atoms with Gasteiger partial charge in [0.2, 0.25) is 0 Å². The maximum Gasteiger partial charge on any atom is 0.333 e. The average Bonchev–Trinajstić information content (AvgIpc) is 3.20. The molecule has 0 unspecified atom stereocenters. The van der Waals surface area contributed by atoms with E-state index in [1.54, 1.807) is 47.3 Å². The third kappa shape index (κ3) is 3.83. The minimum absolute atomic E-state index is 0.185. The van der Waals surface area contributed by atoms with Crippen molar-refractivity contribution in [1.29, 1.82) is 0 Å². The van der Waals surface area contributed by atoms with Crippen molar-refractivity contribution in [3.63, 3.8) is 0 Å². The van der Waals surface area contributed by atoms with Crippen LogP contribution in [0, 0.1) is 6.92 Å². The van der Waals surface area contributed by atoms with Gasteiger partial charge >= 0.3 is 5.69 Å². The van der Waals surface area contributed by atoms with Crippen LogP contribution in [0.4, 0.5) is 5.82 Å². The molecule has 0 bridgehead atoms. The van der Waals surface area contributed by atoms with Gasteiger partial charge in [0.1, 0.15) is 35.1 Å². The van der Waals surface area contributed by atoms with E-state index in [9.17, 15) is 14.4 Å². The summed E-state index contributed by atoms with van der Waals surface area (Å²) >= 11 is 0. The first-order valence-electron chi connectivity index (χ1n) is 9.11. The predicted octanol–water partition coefficient (Wildman–Crippen LogP) is 1.07. The maximum absolute atomic E-state index is 12.9. The van der Waals surface area contributed by atoms with Crippen molar-refractivity contribution in [2.75, 3.05) is 12.4 Å². The number of H-pyrrole nitrogens is 1. The largest absolute Gasteiger partial charge is 0.497 e. The molecule has 0 atom stereocenters. The van der Waals surface area contributed by atoms with E-state index in [1.165, 1.54) is 13.4 Å². The molecule has 11 nitrogen and oxygen atoms in total. The third-order valence-corrected chi connectivity index (χ3v) is 4.52. The van der Waals surface area contributed by atoms with Crippen LogP contribution in [-0.4, -0.2) is 42.1 Å². The smallest absolute Gasteiger partial charge is 0.333 e. The van der Waals surface area contributed by atoms with E-state index in [0.29, 0.717) is 23.1 Å². The normalized spacial score (nSPS) is 10.6. The highest BCUT2D eigenvalue weighted by molar-refractivity contribution is 6.03. The number of nitrogens with zero attached hydrogens (tertiary/aromatic N) is 5. The van der Waals surface area contributed by atoms with E-state index in [0.717, 1.165) is 10.8 Å². The van der Waals surface area contributed by atoms with Crippen LogP contribution in [0.25, 0.3) is 11.5 Å². The summed E-state index contributed by atoms with van der Waals surface area (Å²) in [6.07, 6.45) is 5.70. The van der Waals surface area contributed by atoms with Gasteiger partial charge in [-0.1, -0.05) is 0 Å². The molecule has 4 aromatic rings. The fraction of sp³-hybridized carbons (Fsp3) is 0.100. The molecule has 0 spiro atoms. The molecule has 31 heavy (non-hydrogen) atoms. The number of carbonyl (C=O) groups excluding carboxylic acids is 1. The molecule has 2 N–H and O–H groups in total. The lowest BCUT2D eigenvalue weighted by Crippen LogP contribution is -2.38. The van der Waals surface area contributed by atoms with Crippen molar-refractivity contribution in [2.45, 2.75) is 6.92 Å². The van der Waals surface area contributed by atoms with Crippen LogP contribution in [0.15, 0.2) is 64.8 Å². The molecule has 11 heteroatoms. The minimum Gasteiger partial charge on any atom is -0.497 e. The fourth-order valence-corrected chi connectivity index (χ4v) is 2.95. The summed E-state index contributed by atoms with van der Waals surface area (Å²) < 4.78 is 7.67. The highest BCUT2D eigenvalue weighted by Gasteiger charge is 2.17.